The Kier molecular flexibility index (Phi) is 3.03. The van der Waals surface area contributed by atoms with E-state index in [2.05, 4.69) is 32.0 Å². The van der Waals surface area contributed by atoms with Crippen LogP contribution in [0.15, 0.2) is 30.5 Å². The molecule has 0 spiro atoms. The molecular formula is C16H16FN5. The molecule has 112 valence electrons. The number of fused-ring (bicyclic) bond motifs is 1. The maximum Gasteiger partial charge on any atom is 0.181 e. The zero-order valence-electron chi connectivity index (χ0n) is 12.3. The molecule has 1 fully saturated rings. The number of hydrogen-bond acceptors (Lipinski definition) is 4. The van der Waals surface area contributed by atoms with E-state index < -0.39 is 0 Å². The molecule has 22 heavy (non-hydrogen) atoms. The van der Waals surface area contributed by atoms with E-state index in [9.17, 15) is 4.39 Å². The third-order valence-electron chi connectivity index (χ3n) is 4.15. The highest BCUT2D eigenvalue weighted by molar-refractivity contribution is 5.89. The van der Waals surface area contributed by atoms with Crippen molar-refractivity contribution in [2.75, 3.05) is 18.0 Å². The number of aromatic nitrogens is 4. The number of aromatic amines is 1. The lowest BCUT2D eigenvalue weighted by Gasteiger charge is -2.17. The number of rotatable bonds is 2. The van der Waals surface area contributed by atoms with Crippen molar-refractivity contribution in [1.82, 2.24) is 20.2 Å². The quantitative estimate of drug-likeness (QED) is 0.790. The molecule has 1 unspecified atom stereocenters. The number of hydrogen-bond donors (Lipinski definition) is 1. The van der Waals surface area contributed by atoms with Gasteiger partial charge in [0.15, 0.2) is 11.5 Å². The van der Waals surface area contributed by atoms with Gasteiger partial charge in [-0.1, -0.05) is 6.92 Å². The maximum atomic E-state index is 14.3. The number of halogens is 1. The Morgan fingerprint density at radius 3 is 3.05 bits per heavy atom. The minimum atomic E-state index is -0.356. The number of anilines is 1. The zero-order valence-corrected chi connectivity index (χ0v) is 12.3. The molecule has 1 atom stereocenters. The van der Waals surface area contributed by atoms with E-state index in [0.717, 1.165) is 30.7 Å². The van der Waals surface area contributed by atoms with Crippen molar-refractivity contribution in [2.24, 2.45) is 5.92 Å². The summed E-state index contributed by atoms with van der Waals surface area (Å²) in [6.45, 7) is 4.15. The predicted octanol–water partition coefficient (Wildman–Crippen LogP) is 3.01. The van der Waals surface area contributed by atoms with Crippen LogP contribution in [0, 0.1) is 11.7 Å². The van der Waals surface area contributed by atoms with Crippen molar-refractivity contribution in [3.8, 4) is 11.4 Å². The van der Waals surface area contributed by atoms with Gasteiger partial charge in [0.05, 0.1) is 5.69 Å². The van der Waals surface area contributed by atoms with E-state index in [1.807, 2.05) is 12.1 Å². The molecule has 0 aromatic carbocycles. The minimum absolute atomic E-state index is 0.299. The van der Waals surface area contributed by atoms with E-state index in [-0.39, 0.29) is 5.82 Å². The van der Waals surface area contributed by atoms with Gasteiger partial charge in [-0.15, -0.1) is 0 Å². The van der Waals surface area contributed by atoms with Crippen LogP contribution in [0.25, 0.3) is 22.4 Å². The molecule has 0 amide bonds. The van der Waals surface area contributed by atoms with Crippen LogP contribution in [0.4, 0.5) is 10.2 Å². The smallest absolute Gasteiger partial charge is 0.181 e. The normalized spacial score (nSPS) is 18.3. The molecular weight excluding hydrogens is 281 g/mol. The van der Waals surface area contributed by atoms with Crippen molar-refractivity contribution in [3.63, 3.8) is 0 Å². The highest BCUT2D eigenvalue weighted by Gasteiger charge is 2.22. The van der Waals surface area contributed by atoms with Crippen molar-refractivity contribution >= 4 is 16.9 Å². The summed E-state index contributed by atoms with van der Waals surface area (Å²) in [5.41, 5.74) is 1.45. The van der Waals surface area contributed by atoms with Gasteiger partial charge in [-0.25, -0.2) is 14.4 Å². The highest BCUT2D eigenvalue weighted by Crippen LogP contribution is 2.29. The Hall–Kier alpha value is -2.50. The van der Waals surface area contributed by atoms with Crippen LogP contribution >= 0.6 is 0 Å². The Morgan fingerprint density at radius 1 is 1.32 bits per heavy atom. The van der Waals surface area contributed by atoms with Gasteiger partial charge in [0.1, 0.15) is 11.5 Å². The first-order valence-corrected chi connectivity index (χ1v) is 7.43. The lowest BCUT2D eigenvalue weighted by atomic mass is 10.2. The summed E-state index contributed by atoms with van der Waals surface area (Å²) in [4.78, 5) is 10.9. The largest absolute Gasteiger partial charge is 0.356 e. The Labute approximate surface area is 127 Å². The van der Waals surface area contributed by atoms with E-state index >= 15 is 0 Å². The summed E-state index contributed by atoms with van der Waals surface area (Å²) < 4.78 is 14.3. The molecule has 1 aliphatic heterocycles. The van der Waals surface area contributed by atoms with E-state index in [0.29, 0.717) is 23.0 Å². The molecule has 4 heterocycles. The summed E-state index contributed by atoms with van der Waals surface area (Å²) in [6, 6.07) is 6.90. The van der Waals surface area contributed by atoms with Gasteiger partial charge >= 0.3 is 0 Å². The fourth-order valence-electron chi connectivity index (χ4n) is 2.96. The van der Waals surface area contributed by atoms with E-state index in [1.165, 1.54) is 6.07 Å². The van der Waals surface area contributed by atoms with Gasteiger partial charge in [0.2, 0.25) is 0 Å². The molecule has 6 heteroatoms. The molecule has 1 aliphatic rings. The Balaban J connectivity index is 1.81. The van der Waals surface area contributed by atoms with Gasteiger partial charge in [0.25, 0.3) is 0 Å². The monoisotopic (exact) mass is 297 g/mol. The molecule has 0 saturated carbocycles. The van der Waals surface area contributed by atoms with Crippen LogP contribution < -0.4 is 4.90 Å². The molecule has 0 bridgehead atoms. The summed E-state index contributed by atoms with van der Waals surface area (Å²) in [7, 11) is 0. The molecule has 4 rings (SSSR count). The fraction of sp³-hybridized carbons (Fsp3) is 0.312. The number of nitrogens with zero attached hydrogens (tertiary/aromatic N) is 4. The second kappa shape index (κ2) is 5.05. The molecule has 5 nitrogen and oxygen atoms in total. The second-order valence-electron chi connectivity index (χ2n) is 5.81. The molecule has 0 aliphatic carbocycles. The van der Waals surface area contributed by atoms with Crippen LogP contribution in [0.3, 0.4) is 0 Å². The third kappa shape index (κ3) is 2.11. The average Bonchev–Trinajstić information content (AvgIpc) is 3.14. The van der Waals surface area contributed by atoms with E-state index in [4.69, 9.17) is 0 Å². The van der Waals surface area contributed by atoms with Gasteiger partial charge in [-0.05, 0) is 36.6 Å². The number of H-pyrrole nitrogens is 1. The first kappa shape index (κ1) is 13.2. The third-order valence-corrected chi connectivity index (χ3v) is 4.15. The van der Waals surface area contributed by atoms with Gasteiger partial charge in [-0.2, -0.15) is 5.10 Å². The SMILES string of the molecule is CC1CCN(c2ccc(F)c(-c3[nH]nc4ncccc34)n2)C1. The summed E-state index contributed by atoms with van der Waals surface area (Å²) >= 11 is 0. The Bertz CT molecular complexity index is 828. The summed E-state index contributed by atoms with van der Waals surface area (Å²) in [5.74, 6) is 1.10. The lowest BCUT2D eigenvalue weighted by molar-refractivity contribution is 0.624. The predicted molar refractivity (Wildman–Crippen MR) is 83.1 cm³/mol. The van der Waals surface area contributed by atoms with Crippen molar-refractivity contribution in [2.45, 2.75) is 13.3 Å². The lowest BCUT2D eigenvalue weighted by Crippen LogP contribution is -2.20. The minimum Gasteiger partial charge on any atom is -0.356 e. The van der Waals surface area contributed by atoms with Crippen LogP contribution in [-0.4, -0.2) is 33.3 Å². The molecule has 1 N–H and O–H groups in total. The highest BCUT2D eigenvalue weighted by atomic mass is 19.1. The van der Waals surface area contributed by atoms with Gasteiger partial charge < -0.3 is 4.90 Å². The van der Waals surface area contributed by atoms with Crippen molar-refractivity contribution in [3.05, 3.63) is 36.3 Å². The first-order chi connectivity index (χ1) is 10.7. The van der Waals surface area contributed by atoms with E-state index in [1.54, 1.807) is 12.3 Å². The van der Waals surface area contributed by atoms with Crippen LogP contribution in [0.1, 0.15) is 13.3 Å². The molecule has 1 saturated heterocycles. The van der Waals surface area contributed by atoms with Crippen molar-refractivity contribution in [1.29, 1.82) is 0 Å². The van der Waals surface area contributed by atoms with Gasteiger partial charge in [-0.3, -0.25) is 5.10 Å². The average molecular weight is 297 g/mol. The first-order valence-electron chi connectivity index (χ1n) is 7.43. The van der Waals surface area contributed by atoms with Crippen LogP contribution in [-0.2, 0) is 0 Å². The van der Waals surface area contributed by atoms with Crippen molar-refractivity contribution < 1.29 is 4.39 Å². The molecule has 3 aromatic heterocycles. The number of nitrogens with one attached hydrogen (secondary N) is 1. The standard InChI is InChI=1S/C16H16FN5/c1-10-6-8-22(9-10)13-5-4-12(17)15(19-13)14-11-3-2-7-18-16(11)21-20-14/h2-5,7,10H,6,8-9H2,1H3,(H,18,20,21). The topological polar surface area (TPSA) is 57.7 Å². The molecule has 0 radical (unpaired) electrons. The molecule has 3 aromatic rings. The summed E-state index contributed by atoms with van der Waals surface area (Å²) in [5, 5.41) is 7.76. The summed E-state index contributed by atoms with van der Waals surface area (Å²) in [6.07, 6.45) is 2.81. The van der Waals surface area contributed by atoms with Crippen LogP contribution in [0.5, 0.6) is 0 Å². The Morgan fingerprint density at radius 2 is 2.23 bits per heavy atom. The second-order valence-corrected chi connectivity index (χ2v) is 5.81. The number of pyridine rings is 2. The van der Waals surface area contributed by atoms with Crippen LogP contribution in [0.2, 0.25) is 0 Å². The zero-order chi connectivity index (χ0) is 15.1. The maximum absolute atomic E-state index is 14.3. The van der Waals surface area contributed by atoms with Gasteiger partial charge in [0, 0.05) is 24.7 Å². The fourth-order valence-corrected chi connectivity index (χ4v) is 2.96.